The van der Waals surface area contributed by atoms with Crippen LogP contribution in [0.25, 0.3) is 16.6 Å². The summed E-state index contributed by atoms with van der Waals surface area (Å²) in [6.07, 6.45) is -1.35. The minimum atomic E-state index is -4.78. The monoisotopic (exact) mass is 402 g/mol. The van der Waals surface area contributed by atoms with E-state index in [1.807, 2.05) is 6.20 Å². The number of carbonyl (C=O) groups is 2. The highest BCUT2D eigenvalue weighted by Crippen LogP contribution is 2.38. The lowest BCUT2D eigenvalue weighted by atomic mass is 9.97. The van der Waals surface area contributed by atoms with Crippen molar-refractivity contribution in [2.45, 2.75) is 31.5 Å². The van der Waals surface area contributed by atoms with E-state index in [2.05, 4.69) is 4.74 Å². The third-order valence-electron chi connectivity index (χ3n) is 5.11. The summed E-state index contributed by atoms with van der Waals surface area (Å²) in [5.74, 6) is -1.48. The van der Waals surface area contributed by atoms with Crippen LogP contribution in [-0.4, -0.2) is 22.7 Å². The summed E-state index contributed by atoms with van der Waals surface area (Å²) in [6.45, 7) is 0. The summed E-state index contributed by atoms with van der Waals surface area (Å²) in [5, 5.41) is 12.1. The highest BCUT2D eigenvalue weighted by atomic mass is 19.4. The molecule has 0 radical (unpaired) electrons. The molecule has 0 N–H and O–H groups in total. The zero-order valence-corrected chi connectivity index (χ0v) is 15.0. The third kappa shape index (κ3) is 3.83. The summed E-state index contributed by atoms with van der Waals surface area (Å²) in [7, 11) is 0. The molecule has 29 heavy (non-hydrogen) atoms. The summed E-state index contributed by atoms with van der Waals surface area (Å²) in [6, 6.07) is 9.88. The molecule has 4 rings (SSSR count). The van der Waals surface area contributed by atoms with Gasteiger partial charge in [0.2, 0.25) is 0 Å². The Morgan fingerprint density at radius 2 is 1.86 bits per heavy atom. The zero-order valence-electron chi connectivity index (χ0n) is 15.0. The number of nitrogens with zero attached hydrogens (tertiary/aromatic N) is 1. The number of alkyl halides is 3. The Morgan fingerprint density at radius 1 is 1.14 bits per heavy atom. The summed E-state index contributed by atoms with van der Waals surface area (Å²) in [5.41, 5.74) is 2.01. The number of hydrogen-bond acceptors (Lipinski definition) is 4. The van der Waals surface area contributed by atoms with Gasteiger partial charge < -0.3 is 19.2 Å². The van der Waals surface area contributed by atoms with Crippen molar-refractivity contribution in [3.63, 3.8) is 0 Å². The van der Waals surface area contributed by atoms with Gasteiger partial charge in [-0.3, -0.25) is 4.79 Å². The highest BCUT2D eigenvalue weighted by Gasteiger charge is 2.31. The van der Waals surface area contributed by atoms with E-state index in [-0.39, 0.29) is 23.0 Å². The molecule has 2 aromatic carbocycles. The van der Waals surface area contributed by atoms with Gasteiger partial charge in [-0.1, -0.05) is 12.1 Å². The van der Waals surface area contributed by atoms with E-state index in [0.29, 0.717) is 30.5 Å². The number of ether oxygens (including phenoxy) is 1. The second-order valence-electron chi connectivity index (χ2n) is 6.99. The lowest BCUT2D eigenvalue weighted by Crippen LogP contribution is -2.22. The van der Waals surface area contributed by atoms with Crippen LogP contribution in [0.5, 0.6) is 5.75 Å². The highest BCUT2D eigenvalue weighted by molar-refractivity contribution is 5.95. The fourth-order valence-corrected chi connectivity index (χ4v) is 3.81. The van der Waals surface area contributed by atoms with Gasteiger partial charge in [-0.15, -0.1) is 13.2 Å². The molecule has 1 aromatic heterocycles. The number of ketones is 1. The summed E-state index contributed by atoms with van der Waals surface area (Å²) >= 11 is 0. The van der Waals surface area contributed by atoms with E-state index in [0.717, 1.165) is 10.9 Å². The number of Topliss-reactive ketones (excluding diaryl/α,β-unsaturated/α-hetero) is 1. The average molecular weight is 402 g/mol. The number of benzene rings is 2. The Kier molecular flexibility index (Phi) is 4.56. The van der Waals surface area contributed by atoms with Crippen LogP contribution in [0.1, 0.15) is 41.1 Å². The number of fused-ring (bicyclic) bond motifs is 1. The number of carbonyl (C=O) groups excluding carboxylic acids is 2. The van der Waals surface area contributed by atoms with Crippen LogP contribution in [0.2, 0.25) is 0 Å². The maximum atomic E-state index is 12.4. The van der Waals surface area contributed by atoms with Gasteiger partial charge in [0.1, 0.15) is 11.5 Å². The van der Waals surface area contributed by atoms with Gasteiger partial charge in [0.15, 0.2) is 0 Å². The van der Waals surface area contributed by atoms with Gasteiger partial charge in [-0.25, -0.2) is 0 Å². The molecule has 1 fully saturated rings. The van der Waals surface area contributed by atoms with Crippen LogP contribution >= 0.6 is 0 Å². The van der Waals surface area contributed by atoms with E-state index in [9.17, 15) is 27.9 Å². The lowest BCUT2D eigenvalue weighted by molar-refractivity contribution is -0.274. The number of halogens is 3. The van der Waals surface area contributed by atoms with Gasteiger partial charge in [0.05, 0.1) is 11.5 Å². The van der Waals surface area contributed by atoms with Crippen LogP contribution in [-0.2, 0) is 4.79 Å². The number of aromatic nitrogens is 1. The molecular formula is C21H15F3NO4-. The first-order chi connectivity index (χ1) is 13.7. The molecule has 0 spiro atoms. The smallest absolute Gasteiger partial charge is 0.545 e. The number of carboxylic acid groups (broad SMARTS) is 1. The molecule has 0 bridgehead atoms. The Balaban J connectivity index is 1.81. The SMILES string of the molecule is O=C1CCC(c2cn(-c3ccc(OC(F)(F)F)cc3)c3cc(C(=O)[O-])ccc23)C1. The van der Waals surface area contributed by atoms with Gasteiger partial charge >= 0.3 is 6.36 Å². The van der Waals surface area contributed by atoms with Crippen LogP contribution in [0.15, 0.2) is 48.7 Å². The van der Waals surface area contributed by atoms with Gasteiger partial charge in [0.25, 0.3) is 0 Å². The van der Waals surface area contributed by atoms with Crippen molar-refractivity contribution in [2.24, 2.45) is 0 Å². The molecule has 5 nitrogen and oxygen atoms in total. The zero-order chi connectivity index (χ0) is 20.8. The van der Waals surface area contributed by atoms with Gasteiger partial charge in [-0.2, -0.15) is 0 Å². The first kappa shape index (κ1) is 19.0. The van der Waals surface area contributed by atoms with Crippen molar-refractivity contribution in [1.82, 2.24) is 4.57 Å². The fraction of sp³-hybridized carbons (Fsp3) is 0.238. The molecule has 1 aliphatic carbocycles. The Hall–Kier alpha value is -3.29. The quantitative estimate of drug-likeness (QED) is 0.667. The molecule has 1 heterocycles. The molecule has 8 heteroatoms. The summed E-state index contributed by atoms with van der Waals surface area (Å²) < 4.78 is 42.8. The maximum Gasteiger partial charge on any atom is 0.573 e. The molecule has 0 amide bonds. The van der Waals surface area contributed by atoms with Crippen molar-refractivity contribution in [3.8, 4) is 11.4 Å². The van der Waals surface area contributed by atoms with Crippen LogP contribution in [0, 0.1) is 0 Å². The minimum absolute atomic E-state index is 0.0112. The van der Waals surface area contributed by atoms with E-state index < -0.39 is 12.3 Å². The van der Waals surface area contributed by atoms with E-state index >= 15 is 0 Å². The molecule has 1 unspecified atom stereocenters. The molecule has 0 aliphatic heterocycles. The topological polar surface area (TPSA) is 71.4 Å². The number of hydrogen-bond donors (Lipinski definition) is 0. The number of carboxylic acids is 1. The molecule has 1 aliphatic rings. The van der Waals surface area contributed by atoms with Crippen molar-refractivity contribution in [1.29, 1.82) is 0 Å². The van der Waals surface area contributed by atoms with Crippen molar-refractivity contribution in [2.75, 3.05) is 0 Å². The predicted octanol–water partition coefficient (Wildman–Crippen LogP) is 3.73. The Labute approximate surface area is 163 Å². The van der Waals surface area contributed by atoms with E-state index in [1.165, 1.54) is 36.4 Å². The van der Waals surface area contributed by atoms with Gasteiger partial charge in [-0.05, 0) is 53.8 Å². The molecular weight excluding hydrogens is 387 g/mol. The van der Waals surface area contributed by atoms with Crippen molar-refractivity contribution >= 4 is 22.7 Å². The standard InChI is InChI=1S/C21H16F3NO4/c22-21(23,24)29-16-6-3-14(4-7-16)25-11-18(12-1-5-15(26)9-12)17-8-2-13(20(27)28)10-19(17)25/h2-4,6-8,10-12H,1,5,9H2,(H,27,28)/p-1. The molecule has 1 saturated carbocycles. The number of rotatable bonds is 4. The van der Waals surface area contributed by atoms with Crippen LogP contribution in [0.3, 0.4) is 0 Å². The molecule has 150 valence electrons. The average Bonchev–Trinajstić information content (AvgIpc) is 3.24. The van der Waals surface area contributed by atoms with E-state index in [4.69, 9.17) is 0 Å². The van der Waals surface area contributed by atoms with Crippen molar-refractivity contribution in [3.05, 3.63) is 59.8 Å². The molecule has 0 saturated heterocycles. The predicted molar refractivity (Wildman–Crippen MR) is 95.9 cm³/mol. The maximum absolute atomic E-state index is 12.4. The molecule has 1 atom stereocenters. The minimum Gasteiger partial charge on any atom is -0.545 e. The normalized spacial score (nSPS) is 17.1. The lowest BCUT2D eigenvalue weighted by Gasteiger charge is -2.11. The van der Waals surface area contributed by atoms with Crippen LogP contribution < -0.4 is 9.84 Å². The fourth-order valence-electron chi connectivity index (χ4n) is 3.81. The van der Waals surface area contributed by atoms with Gasteiger partial charge in [0, 0.05) is 30.1 Å². The van der Waals surface area contributed by atoms with Crippen molar-refractivity contribution < 1.29 is 32.6 Å². The second-order valence-corrected chi connectivity index (χ2v) is 6.99. The van der Waals surface area contributed by atoms with E-state index in [1.54, 1.807) is 10.6 Å². The molecule has 3 aromatic rings. The summed E-state index contributed by atoms with van der Waals surface area (Å²) in [4.78, 5) is 23.0. The van der Waals surface area contributed by atoms with Crippen LogP contribution in [0.4, 0.5) is 13.2 Å². The largest absolute Gasteiger partial charge is 0.573 e. The Morgan fingerprint density at radius 3 is 2.45 bits per heavy atom. The second kappa shape index (κ2) is 6.95. The first-order valence-electron chi connectivity index (χ1n) is 8.95. The number of aromatic carboxylic acids is 1. The third-order valence-corrected chi connectivity index (χ3v) is 5.11. The first-order valence-corrected chi connectivity index (χ1v) is 8.95. The Bertz CT molecular complexity index is 1100.